The van der Waals surface area contributed by atoms with Gasteiger partial charge in [-0.1, -0.05) is 18.2 Å². The number of carbonyl (C=O) groups is 4. The molecule has 44 heavy (non-hydrogen) atoms. The summed E-state index contributed by atoms with van der Waals surface area (Å²) in [6, 6.07) is 3.77. The molecule has 0 bridgehead atoms. The zero-order valence-corrected chi connectivity index (χ0v) is 26.7. The van der Waals surface area contributed by atoms with Gasteiger partial charge in [0.05, 0.1) is 35.8 Å². The van der Waals surface area contributed by atoms with E-state index in [1.54, 1.807) is 27.7 Å². The van der Waals surface area contributed by atoms with E-state index in [1.165, 1.54) is 43.8 Å². The number of esters is 2. The van der Waals surface area contributed by atoms with Crippen LogP contribution in [0.2, 0.25) is 0 Å². The molecule has 0 aromatic heterocycles. The van der Waals surface area contributed by atoms with Crippen molar-refractivity contribution in [1.82, 2.24) is 16.0 Å². The summed E-state index contributed by atoms with van der Waals surface area (Å²) in [6.07, 6.45) is -3.37. The fraction of sp³-hybridized carbons (Fsp3) is 0.533. The molecule has 0 radical (unpaired) electrons. The lowest BCUT2D eigenvalue weighted by Crippen LogP contribution is -2.49. The molecule has 0 aliphatic carbocycles. The lowest BCUT2D eigenvalue weighted by atomic mass is 9.78. The first kappa shape index (κ1) is 36.5. The van der Waals surface area contributed by atoms with Crippen molar-refractivity contribution in [2.24, 2.45) is 0 Å². The molecular formula is C30H40F3N3O7S. The van der Waals surface area contributed by atoms with Crippen LogP contribution in [0.4, 0.5) is 18.0 Å². The van der Waals surface area contributed by atoms with Crippen LogP contribution in [0.3, 0.4) is 0 Å². The Morgan fingerprint density at radius 2 is 1.59 bits per heavy atom. The minimum absolute atomic E-state index is 0.0356. The third-order valence-electron chi connectivity index (χ3n) is 6.31. The van der Waals surface area contributed by atoms with Crippen molar-refractivity contribution < 1.29 is 46.6 Å². The average Bonchev–Trinajstić information content (AvgIpc) is 2.91. The van der Waals surface area contributed by atoms with E-state index < -0.39 is 53.2 Å². The Hall–Kier alpha value is -3.68. The van der Waals surface area contributed by atoms with Crippen LogP contribution < -0.4 is 16.0 Å². The summed E-state index contributed by atoms with van der Waals surface area (Å²) in [7, 11) is 0. The summed E-state index contributed by atoms with van der Waals surface area (Å²) in [5.41, 5.74) is -2.01. The van der Waals surface area contributed by atoms with Crippen molar-refractivity contribution in [3.8, 4) is 0 Å². The number of ether oxygens (including phenoxy) is 3. The summed E-state index contributed by atoms with van der Waals surface area (Å²) >= 11 is 1.48. The molecule has 0 fully saturated rings. The number of amides is 2. The van der Waals surface area contributed by atoms with Gasteiger partial charge in [-0.2, -0.15) is 24.9 Å². The second kappa shape index (κ2) is 15.9. The first-order chi connectivity index (χ1) is 20.5. The predicted molar refractivity (Wildman–Crippen MR) is 159 cm³/mol. The fourth-order valence-electron chi connectivity index (χ4n) is 4.54. The molecule has 1 aliphatic rings. The first-order valence-corrected chi connectivity index (χ1v) is 15.4. The molecule has 244 valence electrons. The predicted octanol–water partition coefficient (Wildman–Crippen LogP) is 4.81. The molecule has 14 heteroatoms. The molecule has 1 heterocycles. The molecule has 3 N–H and O–H groups in total. The van der Waals surface area contributed by atoms with Gasteiger partial charge in [-0.15, -0.1) is 0 Å². The van der Waals surface area contributed by atoms with Crippen molar-refractivity contribution in [1.29, 1.82) is 0 Å². The third kappa shape index (κ3) is 10.2. The van der Waals surface area contributed by atoms with Crippen LogP contribution in [-0.2, 0) is 34.8 Å². The number of nitrogens with one attached hydrogen (secondary N) is 3. The second-order valence-corrected chi connectivity index (χ2v) is 11.8. The Labute approximate surface area is 259 Å². The van der Waals surface area contributed by atoms with Gasteiger partial charge in [-0.05, 0) is 71.6 Å². The molecular weight excluding hydrogens is 603 g/mol. The number of alkyl carbamates (subject to hydrolysis) is 1. The van der Waals surface area contributed by atoms with E-state index in [0.717, 1.165) is 6.07 Å². The van der Waals surface area contributed by atoms with E-state index in [1.807, 2.05) is 6.26 Å². The molecule has 2 rings (SSSR count). The molecule has 2 atom stereocenters. The van der Waals surface area contributed by atoms with E-state index in [9.17, 15) is 32.3 Å². The standard InChI is InChI=1S/C30H40F3N3O7S/c1-8-41-26(38)22-17(2)35-18(3)23(24(22)19-11-9-10-12-20(19)30(31,32)33)27(39)42-15-14-34-25(37)21(13-16-44-7)36-28(40)43-29(4,5)6/h9-12,21,24,35H,8,13-16H2,1-7H3,(H,34,37)(H,36,40)/t21-,24?/m0/s1. The number of benzene rings is 1. The SMILES string of the molecule is CCOC(=O)C1=C(C)NC(C)=C(C(=O)OCCNC(=O)[C@H](CCSC)NC(=O)OC(C)(C)C)C1c1ccccc1C(F)(F)F. The molecule has 10 nitrogen and oxygen atoms in total. The molecule has 0 spiro atoms. The van der Waals surface area contributed by atoms with Gasteiger partial charge in [-0.25, -0.2) is 14.4 Å². The van der Waals surface area contributed by atoms with Gasteiger partial charge >= 0.3 is 24.2 Å². The van der Waals surface area contributed by atoms with Crippen LogP contribution in [0, 0.1) is 0 Å². The number of halogens is 3. The van der Waals surface area contributed by atoms with Crippen LogP contribution in [0.15, 0.2) is 46.8 Å². The van der Waals surface area contributed by atoms with Crippen LogP contribution >= 0.6 is 11.8 Å². The van der Waals surface area contributed by atoms with Gasteiger partial charge in [-0.3, -0.25) is 4.79 Å². The minimum Gasteiger partial charge on any atom is -0.463 e. The zero-order valence-electron chi connectivity index (χ0n) is 25.9. The number of dihydropyridines is 1. The van der Waals surface area contributed by atoms with Gasteiger partial charge in [0, 0.05) is 11.4 Å². The van der Waals surface area contributed by atoms with Gasteiger partial charge in [0.2, 0.25) is 5.91 Å². The Morgan fingerprint density at radius 3 is 2.14 bits per heavy atom. The monoisotopic (exact) mass is 643 g/mol. The Kier molecular flexibility index (Phi) is 13.2. The molecule has 0 saturated heterocycles. The van der Waals surface area contributed by atoms with Crippen LogP contribution in [0.5, 0.6) is 0 Å². The van der Waals surface area contributed by atoms with Gasteiger partial charge in [0.1, 0.15) is 18.2 Å². The number of hydrogen-bond acceptors (Lipinski definition) is 9. The molecule has 1 aromatic rings. The minimum atomic E-state index is -4.78. The summed E-state index contributed by atoms with van der Waals surface area (Å²) in [5, 5.41) is 8.02. The smallest absolute Gasteiger partial charge is 0.416 e. The highest BCUT2D eigenvalue weighted by Gasteiger charge is 2.43. The van der Waals surface area contributed by atoms with Crippen molar-refractivity contribution in [3.63, 3.8) is 0 Å². The number of hydrogen-bond donors (Lipinski definition) is 3. The largest absolute Gasteiger partial charge is 0.463 e. The number of alkyl halides is 3. The molecule has 1 aromatic carbocycles. The van der Waals surface area contributed by atoms with Crippen molar-refractivity contribution >= 4 is 35.7 Å². The van der Waals surface area contributed by atoms with E-state index in [-0.39, 0.29) is 47.9 Å². The lowest BCUT2D eigenvalue weighted by Gasteiger charge is -2.31. The number of allylic oxidation sites excluding steroid dienone is 2. The summed E-state index contributed by atoms with van der Waals surface area (Å²) in [5.74, 6) is -3.26. The number of thioether (sulfide) groups is 1. The highest BCUT2D eigenvalue weighted by molar-refractivity contribution is 7.98. The van der Waals surface area contributed by atoms with E-state index >= 15 is 0 Å². The molecule has 1 aliphatic heterocycles. The third-order valence-corrected chi connectivity index (χ3v) is 6.95. The average molecular weight is 644 g/mol. The van der Waals surface area contributed by atoms with Crippen LogP contribution in [0.25, 0.3) is 0 Å². The second-order valence-electron chi connectivity index (χ2n) is 10.8. The maximum Gasteiger partial charge on any atom is 0.416 e. The van der Waals surface area contributed by atoms with Crippen molar-refractivity contribution in [3.05, 3.63) is 57.9 Å². The Morgan fingerprint density at radius 1 is 1.00 bits per heavy atom. The van der Waals surface area contributed by atoms with E-state index in [4.69, 9.17) is 14.2 Å². The van der Waals surface area contributed by atoms with E-state index in [2.05, 4.69) is 16.0 Å². The highest BCUT2D eigenvalue weighted by atomic mass is 32.2. The molecule has 1 unspecified atom stereocenters. The van der Waals surface area contributed by atoms with Crippen molar-refractivity contribution in [2.45, 2.75) is 71.7 Å². The summed E-state index contributed by atoms with van der Waals surface area (Å²) in [6.45, 7) is 9.10. The molecule has 0 saturated carbocycles. The maximum atomic E-state index is 14.1. The quantitative estimate of drug-likeness (QED) is 0.167. The zero-order chi connectivity index (χ0) is 33.2. The van der Waals surface area contributed by atoms with Gasteiger partial charge < -0.3 is 30.2 Å². The van der Waals surface area contributed by atoms with Crippen molar-refractivity contribution in [2.75, 3.05) is 31.8 Å². The highest BCUT2D eigenvalue weighted by Crippen LogP contribution is 2.44. The van der Waals surface area contributed by atoms with Gasteiger partial charge in [0.25, 0.3) is 0 Å². The van der Waals surface area contributed by atoms with Gasteiger partial charge in [0.15, 0.2) is 0 Å². The summed E-state index contributed by atoms with van der Waals surface area (Å²) < 4.78 is 58.0. The van der Waals surface area contributed by atoms with Crippen LogP contribution in [0.1, 0.15) is 65.0 Å². The topological polar surface area (TPSA) is 132 Å². The number of rotatable bonds is 12. The normalized spacial score (nSPS) is 16.1. The maximum absolute atomic E-state index is 14.1. The Balaban J connectivity index is 2.26. The van der Waals surface area contributed by atoms with Crippen LogP contribution in [-0.4, -0.2) is 67.3 Å². The number of carbonyl (C=O) groups excluding carboxylic acids is 4. The van der Waals surface area contributed by atoms with E-state index in [0.29, 0.717) is 12.2 Å². The first-order valence-electron chi connectivity index (χ1n) is 14.0. The summed E-state index contributed by atoms with van der Waals surface area (Å²) in [4.78, 5) is 51.5. The lowest BCUT2D eigenvalue weighted by molar-refractivity contribution is -0.142. The molecule has 2 amide bonds. The Bertz CT molecular complexity index is 1290. The fourth-order valence-corrected chi connectivity index (χ4v) is 5.01.